The number of esters is 1. The second kappa shape index (κ2) is 9.25. The fourth-order valence-electron chi connectivity index (χ4n) is 1.54. The summed E-state index contributed by atoms with van der Waals surface area (Å²) in [5, 5.41) is 3.27. The van der Waals surface area contributed by atoms with Crippen molar-refractivity contribution >= 4 is 5.97 Å². The number of nitrogens with one attached hydrogen (secondary N) is 1. The molecule has 3 nitrogen and oxygen atoms in total. The summed E-state index contributed by atoms with van der Waals surface area (Å²) in [4.78, 5) is 11.0. The van der Waals surface area contributed by atoms with Gasteiger partial charge in [0.1, 0.15) is 0 Å². The van der Waals surface area contributed by atoms with E-state index in [0.29, 0.717) is 5.92 Å². The summed E-state index contributed by atoms with van der Waals surface area (Å²) in [5.41, 5.74) is 0.877. The zero-order valence-electron chi connectivity index (χ0n) is 11.0. The Hall–Kier alpha value is -0.990. The van der Waals surface area contributed by atoms with Gasteiger partial charge < -0.3 is 10.1 Å². The Bertz CT molecular complexity index is 224. The lowest BCUT2D eigenvalue weighted by Gasteiger charge is -2.16. The number of unbranched alkanes of at least 4 members (excludes halogenated alkanes) is 1. The van der Waals surface area contributed by atoms with Crippen LogP contribution in [-0.4, -0.2) is 19.6 Å². The van der Waals surface area contributed by atoms with Crippen LogP contribution in [0.3, 0.4) is 0 Å². The number of ether oxygens (including phenoxy) is 1. The first-order chi connectivity index (χ1) is 7.63. The molecule has 16 heavy (non-hydrogen) atoms. The van der Waals surface area contributed by atoms with Gasteiger partial charge in [-0.2, -0.15) is 0 Å². The van der Waals surface area contributed by atoms with Gasteiger partial charge in [-0.05, 0) is 19.3 Å². The van der Waals surface area contributed by atoms with Crippen molar-refractivity contribution in [2.45, 2.75) is 46.5 Å². The first kappa shape index (κ1) is 15.0. The molecule has 0 aromatic heterocycles. The van der Waals surface area contributed by atoms with E-state index < -0.39 is 0 Å². The molecule has 0 amide bonds. The molecule has 1 unspecified atom stereocenters. The van der Waals surface area contributed by atoms with Crippen molar-refractivity contribution in [2.24, 2.45) is 5.92 Å². The van der Waals surface area contributed by atoms with Crippen molar-refractivity contribution < 1.29 is 9.53 Å². The molecule has 1 N–H and O–H groups in total. The molecule has 0 aromatic rings. The van der Waals surface area contributed by atoms with Crippen LogP contribution < -0.4 is 5.32 Å². The highest BCUT2D eigenvalue weighted by atomic mass is 16.5. The summed E-state index contributed by atoms with van der Waals surface area (Å²) in [6, 6.07) is 0. The topological polar surface area (TPSA) is 38.3 Å². The maximum absolute atomic E-state index is 11.0. The molecule has 0 fully saturated rings. The van der Waals surface area contributed by atoms with Gasteiger partial charge in [0, 0.05) is 18.3 Å². The molecule has 3 heteroatoms. The normalized spacial score (nSPS) is 13.4. The van der Waals surface area contributed by atoms with Crippen molar-refractivity contribution in [1.82, 2.24) is 5.32 Å². The van der Waals surface area contributed by atoms with E-state index in [1.54, 1.807) is 0 Å². The molecule has 0 aromatic carbocycles. The van der Waals surface area contributed by atoms with Crippen molar-refractivity contribution in [1.29, 1.82) is 0 Å². The Balaban J connectivity index is 3.91. The molecule has 0 bridgehead atoms. The van der Waals surface area contributed by atoms with E-state index in [2.05, 4.69) is 23.9 Å². The van der Waals surface area contributed by atoms with E-state index in [0.717, 1.165) is 12.2 Å². The van der Waals surface area contributed by atoms with Crippen molar-refractivity contribution in [3.63, 3.8) is 0 Å². The van der Waals surface area contributed by atoms with E-state index in [9.17, 15) is 4.79 Å². The van der Waals surface area contributed by atoms with Crippen LogP contribution in [0.1, 0.15) is 46.5 Å². The average Bonchev–Trinajstić information content (AvgIpc) is 2.29. The van der Waals surface area contributed by atoms with Crippen LogP contribution in [0, 0.1) is 5.92 Å². The van der Waals surface area contributed by atoms with Gasteiger partial charge in [-0.25, -0.2) is 4.79 Å². The van der Waals surface area contributed by atoms with Gasteiger partial charge >= 0.3 is 5.97 Å². The number of rotatable bonds is 8. The highest BCUT2D eigenvalue weighted by Crippen LogP contribution is 2.11. The quantitative estimate of drug-likeness (QED) is 0.512. The van der Waals surface area contributed by atoms with Gasteiger partial charge in [-0.3, -0.25) is 0 Å². The van der Waals surface area contributed by atoms with Gasteiger partial charge in [-0.15, -0.1) is 0 Å². The summed E-state index contributed by atoms with van der Waals surface area (Å²) in [7, 11) is 1.39. The predicted octanol–water partition coefficient (Wildman–Crippen LogP) is 2.87. The molecule has 0 saturated heterocycles. The monoisotopic (exact) mass is 227 g/mol. The maximum Gasteiger partial charge on any atom is 0.332 e. The van der Waals surface area contributed by atoms with Gasteiger partial charge in [0.2, 0.25) is 0 Å². The van der Waals surface area contributed by atoms with Gasteiger partial charge in [0.05, 0.1) is 7.11 Å². The van der Waals surface area contributed by atoms with Crippen LogP contribution in [0.4, 0.5) is 0 Å². The minimum absolute atomic E-state index is 0.299. The Morgan fingerprint density at radius 1 is 1.44 bits per heavy atom. The largest absolute Gasteiger partial charge is 0.466 e. The maximum atomic E-state index is 11.0. The third-order valence-electron chi connectivity index (χ3n) is 2.75. The number of hydrogen-bond donors (Lipinski definition) is 1. The molecule has 0 spiro atoms. The molecule has 1 atom stereocenters. The molecule has 0 rings (SSSR count). The minimum Gasteiger partial charge on any atom is -0.466 e. The Labute approximate surface area is 99.3 Å². The smallest absolute Gasteiger partial charge is 0.332 e. The third kappa shape index (κ3) is 7.32. The molecule has 0 aliphatic carbocycles. The zero-order chi connectivity index (χ0) is 12.4. The number of methoxy groups -OCH3 is 1. The van der Waals surface area contributed by atoms with Crippen LogP contribution in [0.5, 0.6) is 0 Å². The Morgan fingerprint density at radius 3 is 2.62 bits per heavy atom. The Morgan fingerprint density at radius 2 is 2.12 bits per heavy atom. The summed E-state index contributed by atoms with van der Waals surface area (Å²) in [6.45, 7) is 7.25. The third-order valence-corrected chi connectivity index (χ3v) is 2.75. The van der Waals surface area contributed by atoms with E-state index >= 15 is 0 Å². The van der Waals surface area contributed by atoms with Crippen LogP contribution in [-0.2, 0) is 9.53 Å². The van der Waals surface area contributed by atoms with Crippen molar-refractivity contribution in [3.05, 3.63) is 11.8 Å². The van der Waals surface area contributed by atoms with Gasteiger partial charge in [-0.1, -0.05) is 33.1 Å². The summed E-state index contributed by atoms with van der Waals surface area (Å²) >= 11 is 0. The summed E-state index contributed by atoms with van der Waals surface area (Å²) < 4.78 is 4.56. The lowest BCUT2D eigenvalue weighted by atomic mass is 9.99. The van der Waals surface area contributed by atoms with Crippen molar-refractivity contribution in [2.75, 3.05) is 13.7 Å². The van der Waals surface area contributed by atoms with Crippen LogP contribution in [0.25, 0.3) is 0 Å². The van der Waals surface area contributed by atoms with E-state index in [4.69, 9.17) is 0 Å². The van der Waals surface area contributed by atoms with E-state index in [-0.39, 0.29) is 5.97 Å². The minimum atomic E-state index is -0.299. The summed E-state index contributed by atoms with van der Waals surface area (Å²) in [6.07, 6.45) is 6.45. The first-order valence-electron chi connectivity index (χ1n) is 6.14. The van der Waals surface area contributed by atoms with Gasteiger partial charge in [0.15, 0.2) is 0 Å². The second-order valence-corrected chi connectivity index (χ2v) is 4.15. The number of allylic oxidation sites excluding steroid dienone is 1. The number of hydrogen-bond acceptors (Lipinski definition) is 3. The van der Waals surface area contributed by atoms with Crippen molar-refractivity contribution in [3.8, 4) is 0 Å². The van der Waals surface area contributed by atoms with Crippen LogP contribution in [0.2, 0.25) is 0 Å². The molecular formula is C13H25NO2. The molecule has 0 heterocycles. The van der Waals surface area contributed by atoms with E-state index in [1.807, 2.05) is 6.92 Å². The molecule has 94 valence electrons. The van der Waals surface area contributed by atoms with Gasteiger partial charge in [0.25, 0.3) is 0 Å². The molecule has 0 radical (unpaired) electrons. The molecule has 0 aliphatic rings. The molecular weight excluding hydrogens is 202 g/mol. The highest BCUT2D eigenvalue weighted by molar-refractivity contribution is 5.82. The molecule has 0 aliphatic heterocycles. The van der Waals surface area contributed by atoms with E-state index in [1.165, 1.54) is 38.9 Å². The standard InChI is InChI=1S/C13H25NO2/c1-5-7-8-12(6-2)10-14-11(3)9-13(15)16-4/h9,12,14H,5-8,10H2,1-4H3. The fraction of sp³-hybridized carbons (Fsp3) is 0.769. The second-order valence-electron chi connectivity index (χ2n) is 4.15. The fourth-order valence-corrected chi connectivity index (χ4v) is 1.54. The molecule has 0 saturated carbocycles. The number of carbonyl (C=O) groups excluding carboxylic acids is 1. The SMILES string of the molecule is CCCCC(CC)CNC(C)=CC(=O)OC. The summed E-state index contributed by atoms with van der Waals surface area (Å²) in [5.74, 6) is 0.396. The van der Waals surface area contributed by atoms with Crippen LogP contribution >= 0.6 is 0 Å². The lowest BCUT2D eigenvalue weighted by Crippen LogP contribution is -2.21. The zero-order valence-corrected chi connectivity index (χ0v) is 11.0. The Kier molecular flexibility index (Phi) is 8.68. The number of carbonyl (C=O) groups is 1. The lowest BCUT2D eigenvalue weighted by molar-refractivity contribution is -0.134. The first-order valence-corrected chi connectivity index (χ1v) is 6.14. The highest BCUT2D eigenvalue weighted by Gasteiger charge is 2.05. The predicted molar refractivity (Wildman–Crippen MR) is 67.1 cm³/mol. The van der Waals surface area contributed by atoms with Crippen LogP contribution in [0.15, 0.2) is 11.8 Å². The average molecular weight is 227 g/mol.